The maximum absolute atomic E-state index is 13.7. The number of Topliss-reactive ketones (excluding diaryl/α,β-unsaturated/α-hetero) is 1. The highest BCUT2D eigenvalue weighted by Crippen LogP contribution is 2.45. The molecule has 0 saturated carbocycles. The van der Waals surface area contributed by atoms with E-state index in [2.05, 4.69) is 0 Å². The zero-order valence-corrected chi connectivity index (χ0v) is 13.5. The molecule has 1 aliphatic carbocycles. The Morgan fingerprint density at radius 1 is 1.27 bits per heavy atom. The molecular weight excluding hydrogens is 382 g/mol. The zero-order valence-electron chi connectivity index (χ0n) is 12.7. The maximum Gasteiger partial charge on any atom is 0.446 e. The van der Waals surface area contributed by atoms with Gasteiger partial charge in [0, 0.05) is 28.9 Å². The predicted molar refractivity (Wildman–Crippen MR) is 80.0 cm³/mol. The lowest BCUT2D eigenvalue weighted by atomic mass is 9.93. The van der Waals surface area contributed by atoms with Gasteiger partial charge in [-0.1, -0.05) is 0 Å². The second-order valence-electron chi connectivity index (χ2n) is 5.54. The molecule has 1 aromatic carbocycles. The summed E-state index contributed by atoms with van der Waals surface area (Å²) in [5, 5.41) is 8.89. The van der Waals surface area contributed by atoms with Crippen LogP contribution in [-0.2, 0) is 6.42 Å². The molecule has 0 radical (unpaired) electrons. The van der Waals surface area contributed by atoms with Crippen molar-refractivity contribution in [3.8, 4) is 11.8 Å². The van der Waals surface area contributed by atoms with E-state index < -0.39 is 51.7 Å². The Balaban J connectivity index is 2.21. The Morgan fingerprint density at radius 3 is 2.58 bits per heavy atom. The largest absolute Gasteiger partial charge is 0.446 e. The highest BCUT2D eigenvalue weighted by Gasteiger charge is 2.47. The lowest BCUT2D eigenvalue weighted by Crippen LogP contribution is -2.34. The molecule has 0 fully saturated rings. The van der Waals surface area contributed by atoms with Crippen LogP contribution in [0.1, 0.15) is 28.0 Å². The van der Waals surface area contributed by atoms with Gasteiger partial charge in [-0.15, -0.1) is 0 Å². The van der Waals surface area contributed by atoms with Crippen LogP contribution >= 0.6 is 11.8 Å². The van der Waals surface area contributed by atoms with E-state index >= 15 is 0 Å². The van der Waals surface area contributed by atoms with E-state index in [9.17, 15) is 31.1 Å². The summed E-state index contributed by atoms with van der Waals surface area (Å²) in [5.74, 6) is -6.25. The van der Waals surface area contributed by atoms with Crippen LogP contribution in [0.3, 0.4) is 0 Å². The van der Waals surface area contributed by atoms with Gasteiger partial charge in [0.05, 0.1) is 11.1 Å². The Morgan fingerprint density at radius 2 is 1.96 bits per heavy atom. The van der Waals surface area contributed by atoms with Crippen molar-refractivity contribution in [3.05, 3.63) is 47.0 Å². The van der Waals surface area contributed by atoms with Crippen LogP contribution < -0.4 is 0 Å². The molecule has 26 heavy (non-hydrogen) atoms. The minimum Gasteiger partial charge on any atom is -0.319 e. The van der Waals surface area contributed by atoms with Crippen molar-refractivity contribution in [2.24, 2.45) is 0 Å². The number of hydrogen-bond acceptors (Lipinski definition) is 3. The summed E-state index contributed by atoms with van der Waals surface area (Å²) in [6.07, 6.45) is -0.270. The van der Waals surface area contributed by atoms with Gasteiger partial charge < -0.3 is 4.57 Å². The summed E-state index contributed by atoms with van der Waals surface area (Å²) in [6.45, 7) is 0. The first-order valence-corrected chi connectivity index (χ1v) is 7.98. The van der Waals surface area contributed by atoms with Crippen LogP contribution in [0.5, 0.6) is 0 Å². The molecular formula is C16H8F6N2OS. The van der Waals surface area contributed by atoms with Crippen molar-refractivity contribution in [2.45, 2.75) is 29.2 Å². The molecule has 0 spiro atoms. The fourth-order valence-electron chi connectivity index (χ4n) is 2.76. The number of thioether (sulfide) groups is 1. The highest BCUT2D eigenvalue weighted by molar-refractivity contribution is 8.00. The summed E-state index contributed by atoms with van der Waals surface area (Å²) in [7, 11) is 0. The number of nitrogens with zero attached hydrogens (tertiary/aromatic N) is 2. The number of benzene rings is 1. The van der Waals surface area contributed by atoms with Gasteiger partial charge in [-0.2, -0.15) is 27.2 Å². The number of ketones is 1. The molecule has 0 amide bonds. The molecule has 3 rings (SSSR count). The Kier molecular flexibility index (Phi) is 4.30. The number of carbonyl (C=O) groups excluding carboxylic acids is 1. The van der Waals surface area contributed by atoms with E-state index in [1.54, 1.807) is 6.07 Å². The monoisotopic (exact) mass is 390 g/mol. The number of halogens is 6. The molecule has 1 aromatic heterocycles. The van der Waals surface area contributed by atoms with Crippen molar-refractivity contribution in [1.82, 2.24) is 4.57 Å². The van der Waals surface area contributed by atoms with E-state index in [4.69, 9.17) is 5.26 Å². The van der Waals surface area contributed by atoms with Crippen LogP contribution in [0.4, 0.5) is 26.3 Å². The SMILES string of the molecule is N#Cc1cc(-n2cc(SC(F)(F)F)c3c2CCC(F)(F)C3=O)ccc1F. The van der Waals surface area contributed by atoms with Crippen molar-refractivity contribution in [2.75, 3.05) is 0 Å². The second kappa shape index (κ2) is 6.09. The number of hydrogen-bond donors (Lipinski definition) is 0. The number of alkyl halides is 5. The second-order valence-corrected chi connectivity index (χ2v) is 6.65. The van der Waals surface area contributed by atoms with Crippen molar-refractivity contribution in [3.63, 3.8) is 0 Å². The number of aromatic nitrogens is 1. The Hall–Kier alpha value is -2.41. The Labute approximate surface area is 147 Å². The summed E-state index contributed by atoms with van der Waals surface area (Å²) in [5.41, 5.74) is -5.75. The molecule has 1 heterocycles. The third-order valence-corrected chi connectivity index (χ3v) is 4.64. The third kappa shape index (κ3) is 3.19. The van der Waals surface area contributed by atoms with Crippen molar-refractivity contribution in [1.29, 1.82) is 5.26 Å². The molecule has 0 saturated heterocycles. The average Bonchev–Trinajstić information content (AvgIpc) is 2.88. The van der Waals surface area contributed by atoms with Gasteiger partial charge in [-0.25, -0.2) is 4.39 Å². The van der Waals surface area contributed by atoms with E-state index in [1.807, 2.05) is 0 Å². The van der Waals surface area contributed by atoms with Gasteiger partial charge in [0.25, 0.3) is 0 Å². The van der Waals surface area contributed by atoms with Crippen molar-refractivity contribution < 1.29 is 31.1 Å². The summed E-state index contributed by atoms with van der Waals surface area (Å²) in [6, 6.07) is 4.80. The fraction of sp³-hybridized carbons (Fsp3) is 0.250. The topological polar surface area (TPSA) is 45.8 Å². The smallest absolute Gasteiger partial charge is 0.319 e. The molecule has 0 unspecified atom stereocenters. The molecule has 10 heteroatoms. The normalized spacial score (nSPS) is 16.3. The molecule has 0 atom stereocenters. The third-order valence-electron chi connectivity index (χ3n) is 3.88. The van der Waals surface area contributed by atoms with E-state index in [1.165, 1.54) is 6.07 Å². The average molecular weight is 390 g/mol. The van der Waals surface area contributed by atoms with Crippen LogP contribution in [0, 0.1) is 17.1 Å². The van der Waals surface area contributed by atoms with Gasteiger partial charge in [-0.3, -0.25) is 4.79 Å². The molecule has 1 aliphatic rings. The molecule has 0 bridgehead atoms. The van der Waals surface area contributed by atoms with E-state index in [0.717, 1.165) is 22.9 Å². The summed E-state index contributed by atoms with van der Waals surface area (Å²) >= 11 is -0.666. The number of nitriles is 1. The Bertz CT molecular complexity index is 941. The molecule has 136 valence electrons. The summed E-state index contributed by atoms with van der Waals surface area (Å²) in [4.78, 5) is 11.4. The van der Waals surface area contributed by atoms with Gasteiger partial charge in [-0.05, 0) is 36.4 Å². The number of rotatable bonds is 2. The molecule has 2 aromatic rings. The lowest BCUT2D eigenvalue weighted by molar-refractivity contribution is -0.0328. The maximum atomic E-state index is 13.7. The quantitative estimate of drug-likeness (QED) is 0.543. The van der Waals surface area contributed by atoms with Crippen LogP contribution in [0.25, 0.3) is 5.69 Å². The lowest BCUT2D eigenvalue weighted by Gasteiger charge is -2.22. The fourth-order valence-corrected chi connectivity index (χ4v) is 3.48. The minimum absolute atomic E-state index is 0.0248. The van der Waals surface area contributed by atoms with Crippen molar-refractivity contribution >= 4 is 17.5 Å². The van der Waals surface area contributed by atoms with Gasteiger partial charge in [0.15, 0.2) is 0 Å². The summed E-state index contributed by atoms with van der Waals surface area (Å²) < 4.78 is 80.4. The van der Waals surface area contributed by atoms with Gasteiger partial charge in [0.1, 0.15) is 11.9 Å². The molecule has 0 aliphatic heterocycles. The number of carbonyl (C=O) groups is 1. The zero-order chi connectivity index (χ0) is 19.3. The predicted octanol–water partition coefficient (Wildman–Crippen LogP) is 4.86. The van der Waals surface area contributed by atoms with Crippen LogP contribution in [0.15, 0.2) is 29.3 Å². The number of fused-ring (bicyclic) bond motifs is 1. The van der Waals surface area contributed by atoms with Gasteiger partial charge >= 0.3 is 11.4 Å². The van der Waals surface area contributed by atoms with Crippen LogP contribution in [-0.4, -0.2) is 21.8 Å². The van der Waals surface area contributed by atoms with E-state index in [-0.39, 0.29) is 23.4 Å². The first-order valence-electron chi connectivity index (χ1n) is 7.16. The van der Waals surface area contributed by atoms with Gasteiger partial charge in [0.2, 0.25) is 5.78 Å². The minimum atomic E-state index is -4.78. The molecule has 0 N–H and O–H groups in total. The highest BCUT2D eigenvalue weighted by atomic mass is 32.2. The first kappa shape index (κ1) is 18.4. The van der Waals surface area contributed by atoms with E-state index in [0.29, 0.717) is 0 Å². The standard InChI is InChI=1S/C16H8F6N2OS/c17-10-2-1-9(5-8(10)6-23)24-7-12(26-16(20,21)22)13-11(24)3-4-15(18,19)14(13)25/h1-2,5,7H,3-4H2. The first-order chi connectivity index (χ1) is 12.0. The molecule has 3 nitrogen and oxygen atoms in total. The van der Waals surface area contributed by atoms with Crippen LogP contribution in [0.2, 0.25) is 0 Å².